The number of aromatic nitrogens is 2. The minimum Gasteiger partial charge on any atom is -0.348 e. The molecular weight excluding hydrogens is 222 g/mol. The molecule has 0 aliphatic heterocycles. The highest BCUT2D eigenvalue weighted by atomic mass is 14.9. The van der Waals surface area contributed by atoms with Gasteiger partial charge in [-0.05, 0) is 24.3 Å². The van der Waals surface area contributed by atoms with E-state index in [9.17, 15) is 0 Å². The molecule has 3 nitrogen and oxygen atoms in total. The molecule has 18 heavy (non-hydrogen) atoms. The van der Waals surface area contributed by atoms with Crippen LogP contribution in [0.2, 0.25) is 0 Å². The van der Waals surface area contributed by atoms with Crippen LogP contribution < -0.4 is 5.32 Å². The van der Waals surface area contributed by atoms with Crippen LogP contribution in [0.1, 0.15) is 30.0 Å². The summed E-state index contributed by atoms with van der Waals surface area (Å²) in [5.41, 5.74) is 2.70. The second kappa shape index (κ2) is 5.36. The van der Waals surface area contributed by atoms with Gasteiger partial charge in [0, 0.05) is 30.9 Å². The van der Waals surface area contributed by atoms with Gasteiger partial charge in [-0.15, -0.1) is 0 Å². The fourth-order valence-corrected chi connectivity index (χ4v) is 2.61. The van der Waals surface area contributed by atoms with E-state index in [2.05, 4.69) is 45.6 Å². The summed E-state index contributed by atoms with van der Waals surface area (Å²) in [7, 11) is 0. The molecule has 3 rings (SSSR count). The highest BCUT2D eigenvalue weighted by Gasteiger charge is 2.29. The Morgan fingerprint density at radius 2 is 2.06 bits per heavy atom. The largest absolute Gasteiger partial charge is 0.348 e. The number of benzene rings is 1. The fourth-order valence-electron chi connectivity index (χ4n) is 2.61. The molecular formula is C15H19N3. The van der Waals surface area contributed by atoms with E-state index in [-0.39, 0.29) is 0 Å². The summed E-state index contributed by atoms with van der Waals surface area (Å²) in [6, 6.07) is 11.5. The SMILES string of the molecule is c1ccc(C2CC(NCCc3cnc[nH]3)C2)cc1. The second-order valence-corrected chi connectivity index (χ2v) is 5.06. The van der Waals surface area contributed by atoms with E-state index >= 15 is 0 Å². The highest BCUT2D eigenvalue weighted by Crippen LogP contribution is 2.36. The van der Waals surface area contributed by atoms with Crippen molar-refractivity contribution in [3.8, 4) is 0 Å². The number of rotatable bonds is 5. The molecule has 1 aromatic heterocycles. The number of H-pyrrole nitrogens is 1. The molecule has 0 bridgehead atoms. The maximum atomic E-state index is 4.02. The molecule has 1 aliphatic carbocycles. The molecule has 0 atom stereocenters. The predicted octanol–water partition coefficient (Wildman–Crippen LogP) is 2.49. The van der Waals surface area contributed by atoms with Crippen LogP contribution in [0.4, 0.5) is 0 Å². The van der Waals surface area contributed by atoms with Crippen LogP contribution in [-0.4, -0.2) is 22.6 Å². The van der Waals surface area contributed by atoms with Crippen molar-refractivity contribution in [1.82, 2.24) is 15.3 Å². The topological polar surface area (TPSA) is 40.7 Å². The van der Waals surface area contributed by atoms with E-state index in [1.165, 1.54) is 24.1 Å². The zero-order valence-electron chi connectivity index (χ0n) is 10.5. The predicted molar refractivity (Wildman–Crippen MR) is 72.5 cm³/mol. The third kappa shape index (κ3) is 2.62. The van der Waals surface area contributed by atoms with Gasteiger partial charge in [-0.25, -0.2) is 4.98 Å². The van der Waals surface area contributed by atoms with E-state index in [0.29, 0.717) is 6.04 Å². The number of hydrogen-bond donors (Lipinski definition) is 2. The van der Waals surface area contributed by atoms with Crippen molar-refractivity contribution in [3.05, 3.63) is 54.1 Å². The normalized spacial score (nSPS) is 22.7. The number of imidazole rings is 1. The molecule has 2 N–H and O–H groups in total. The first-order valence-corrected chi connectivity index (χ1v) is 6.67. The van der Waals surface area contributed by atoms with E-state index in [0.717, 1.165) is 18.9 Å². The smallest absolute Gasteiger partial charge is 0.0921 e. The maximum absolute atomic E-state index is 4.02. The van der Waals surface area contributed by atoms with Crippen molar-refractivity contribution in [2.24, 2.45) is 0 Å². The molecule has 0 amide bonds. The van der Waals surface area contributed by atoms with Gasteiger partial charge in [-0.2, -0.15) is 0 Å². The van der Waals surface area contributed by atoms with Crippen LogP contribution in [0.3, 0.4) is 0 Å². The summed E-state index contributed by atoms with van der Waals surface area (Å²) >= 11 is 0. The third-order valence-corrected chi connectivity index (χ3v) is 3.79. The molecule has 94 valence electrons. The van der Waals surface area contributed by atoms with Gasteiger partial charge >= 0.3 is 0 Å². The standard InChI is InChI=1S/C15H19N3/c1-2-4-12(5-3-1)13-8-15(9-13)17-7-6-14-10-16-11-18-14/h1-5,10-11,13,15,17H,6-9H2,(H,16,18). The first-order chi connectivity index (χ1) is 8.92. The van der Waals surface area contributed by atoms with Crippen LogP contribution in [-0.2, 0) is 6.42 Å². The lowest BCUT2D eigenvalue weighted by atomic mass is 9.76. The lowest BCUT2D eigenvalue weighted by Gasteiger charge is -2.36. The Bertz CT molecular complexity index is 458. The average molecular weight is 241 g/mol. The Morgan fingerprint density at radius 1 is 1.22 bits per heavy atom. The van der Waals surface area contributed by atoms with Crippen LogP contribution in [0, 0.1) is 0 Å². The minimum absolute atomic E-state index is 0.693. The Labute approximate surface area is 108 Å². The van der Waals surface area contributed by atoms with E-state index in [1.54, 1.807) is 6.33 Å². The van der Waals surface area contributed by atoms with Crippen LogP contribution in [0.15, 0.2) is 42.9 Å². The van der Waals surface area contributed by atoms with Gasteiger partial charge in [0.15, 0.2) is 0 Å². The van der Waals surface area contributed by atoms with E-state index in [4.69, 9.17) is 0 Å². The Kier molecular flexibility index (Phi) is 3.42. The Balaban J connectivity index is 1.38. The average Bonchev–Trinajstić information content (AvgIpc) is 2.86. The van der Waals surface area contributed by atoms with Gasteiger partial charge in [0.05, 0.1) is 6.33 Å². The lowest BCUT2D eigenvalue weighted by molar-refractivity contribution is 0.292. The molecule has 1 heterocycles. The molecule has 2 aromatic rings. The van der Waals surface area contributed by atoms with Crippen LogP contribution in [0.5, 0.6) is 0 Å². The van der Waals surface area contributed by atoms with Crippen molar-refractivity contribution in [3.63, 3.8) is 0 Å². The highest BCUT2D eigenvalue weighted by molar-refractivity contribution is 5.22. The number of nitrogens with one attached hydrogen (secondary N) is 2. The summed E-state index contributed by atoms with van der Waals surface area (Å²) in [5.74, 6) is 0.760. The first-order valence-electron chi connectivity index (χ1n) is 6.67. The molecule has 0 radical (unpaired) electrons. The summed E-state index contributed by atoms with van der Waals surface area (Å²) < 4.78 is 0. The fraction of sp³-hybridized carbons (Fsp3) is 0.400. The van der Waals surface area contributed by atoms with Gasteiger partial charge < -0.3 is 10.3 Å². The molecule has 0 saturated heterocycles. The van der Waals surface area contributed by atoms with Crippen molar-refractivity contribution in [2.75, 3.05) is 6.54 Å². The minimum atomic E-state index is 0.693. The zero-order chi connectivity index (χ0) is 12.2. The molecule has 0 spiro atoms. The zero-order valence-corrected chi connectivity index (χ0v) is 10.5. The number of nitrogens with zero attached hydrogens (tertiary/aromatic N) is 1. The summed E-state index contributed by atoms with van der Waals surface area (Å²) in [6.07, 6.45) is 7.21. The van der Waals surface area contributed by atoms with Crippen molar-refractivity contribution >= 4 is 0 Å². The van der Waals surface area contributed by atoms with Crippen molar-refractivity contribution in [1.29, 1.82) is 0 Å². The van der Waals surface area contributed by atoms with E-state index in [1.807, 2.05) is 6.20 Å². The van der Waals surface area contributed by atoms with Gasteiger partial charge in [-0.3, -0.25) is 0 Å². The second-order valence-electron chi connectivity index (χ2n) is 5.06. The molecule has 1 fully saturated rings. The van der Waals surface area contributed by atoms with Gasteiger partial charge in [0.2, 0.25) is 0 Å². The van der Waals surface area contributed by atoms with Gasteiger partial charge in [0.25, 0.3) is 0 Å². The van der Waals surface area contributed by atoms with Crippen molar-refractivity contribution < 1.29 is 0 Å². The summed E-state index contributed by atoms with van der Waals surface area (Å²) in [5, 5.41) is 3.61. The Morgan fingerprint density at radius 3 is 2.78 bits per heavy atom. The maximum Gasteiger partial charge on any atom is 0.0921 e. The first kappa shape index (κ1) is 11.5. The van der Waals surface area contributed by atoms with Crippen molar-refractivity contribution in [2.45, 2.75) is 31.2 Å². The number of aromatic amines is 1. The Hall–Kier alpha value is -1.61. The molecule has 1 aliphatic rings. The lowest BCUT2D eigenvalue weighted by Crippen LogP contribution is -2.40. The van der Waals surface area contributed by atoms with Crippen LogP contribution >= 0.6 is 0 Å². The van der Waals surface area contributed by atoms with Gasteiger partial charge in [-0.1, -0.05) is 30.3 Å². The number of hydrogen-bond acceptors (Lipinski definition) is 2. The van der Waals surface area contributed by atoms with Crippen LogP contribution in [0.25, 0.3) is 0 Å². The summed E-state index contributed by atoms with van der Waals surface area (Å²) in [6.45, 7) is 1.04. The summed E-state index contributed by atoms with van der Waals surface area (Å²) in [4.78, 5) is 7.15. The molecule has 3 heteroatoms. The quantitative estimate of drug-likeness (QED) is 0.844. The monoisotopic (exact) mass is 241 g/mol. The van der Waals surface area contributed by atoms with Gasteiger partial charge in [0.1, 0.15) is 0 Å². The molecule has 1 saturated carbocycles. The molecule has 0 unspecified atom stereocenters. The molecule has 1 aromatic carbocycles. The third-order valence-electron chi connectivity index (χ3n) is 3.79. The van der Waals surface area contributed by atoms with E-state index < -0.39 is 0 Å².